The Hall–Kier alpha value is -2.71. The van der Waals surface area contributed by atoms with E-state index >= 15 is 0 Å². The first-order chi connectivity index (χ1) is 13.1. The summed E-state index contributed by atoms with van der Waals surface area (Å²) in [5, 5.41) is 10.1. The van der Waals surface area contributed by atoms with Crippen LogP contribution in [0.1, 0.15) is 26.5 Å². The molecule has 1 aromatic carbocycles. The minimum absolute atomic E-state index is 0.118. The maximum absolute atomic E-state index is 12.6. The monoisotopic (exact) mass is 398 g/mol. The van der Waals surface area contributed by atoms with E-state index in [-0.39, 0.29) is 11.9 Å². The summed E-state index contributed by atoms with van der Waals surface area (Å²) >= 11 is 2.91. The summed E-state index contributed by atoms with van der Waals surface area (Å²) < 4.78 is 0. The number of para-hydroxylation sites is 1. The first-order valence-electron chi connectivity index (χ1n) is 8.54. The van der Waals surface area contributed by atoms with E-state index in [9.17, 15) is 9.59 Å². The number of rotatable bonds is 3. The van der Waals surface area contributed by atoms with Crippen LogP contribution in [-0.2, 0) is 13.0 Å². The van der Waals surface area contributed by atoms with Crippen molar-refractivity contribution in [2.45, 2.75) is 19.9 Å². The number of carbonyl (C=O) groups is 2. The molecule has 0 radical (unpaired) electrons. The molecule has 6 nitrogen and oxygen atoms in total. The molecule has 0 saturated heterocycles. The van der Waals surface area contributed by atoms with Gasteiger partial charge in [0.1, 0.15) is 0 Å². The Bertz CT molecular complexity index is 982. The van der Waals surface area contributed by atoms with Gasteiger partial charge in [-0.25, -0.2) is 9.78 Å². The summed E-state index contributed by atoms with van der Waals surface area (Å²) in [6.07, 6.45) is 0.682. The predicted molar refractivity (Wildman–Crippen MR) is 109 cm³/mol. The number of benzene rings is 1. The predicted octanol–water partition coefficient (Wildman–Crippen LogP) is 4.36. The molecule has 0 atom stereocenters. The maximum atomic E-state index is 12.6. The first-order valence-corrected chi connectivity index (χ1v) is 10.3. The van der Waals surface area contributed by atoms with Gasteiger partial charge in [-0.1, -0.05) is 29.5 Å². The van der Waals surface area contributed by atoms with E-state index in [4.69, 9.17) is 0 Å². The molecule has 0 aliphatic carbocycles. The second-order valence-electron chi connectivity index (χ2n) is 6.27. The summed E-state index contributed by atoms with van der Waals surface area (Å²) in [6.45, 7) is 3.07. The van der Waals surface area contributed by atoms with Crippen LogP contribution in [0.4, 0.5) is 15.6 Å². The van der Waals surface area contributed by atoms with Gasteiger partial charge in [-0.3, -0.25) is 10.1 Å². The van der Waals surface area contributed by atoms with Gasteiger partial charge in [-0.05, 0) is 30.0 Å². The van der Waals surface area contributed by atoms with Crippen molar-refractivity contribution in [1.29, 1.82) is 0 Å². The molecular weight excluding hydrogens is 380 g/mol. The van der Waals surface area contributed by atoms with Gasteiger partial charge in [0.2, 0.25) is 0 Å². The van der Waals surface area contributed by atoms with E-state index in [0.717, 1.165) is 21.8 Å². The molecule has 8 heteroatoms. The lowest BCUT2D eigenvalue weighted by atomic mass is 10.2. The largest absolute Gasteiger partial charge is 0.322 e. The van der Waals surface area contributed by atoms with Crippen LogP contribution in [0, 0.1) is 6.92 Å². The van der Waals surface area contributed by atoms with Crippen LogP contribution in [-0.4, -0.2) is 28.4 Å². The molecule has 138 valence electrons. The number of hydrogen-bond donors (Lipinski definition) is 2. The van der Waals surface area contributed by atoms with Gasteiger partial charge in [0.15, 0.2) is 5.13 Å². The second-order valence-corrected chi connectivity index (χ2v) is 8.14. The molecule has 0 spiro atoms. The van der Waals surface area contributed by atoms with Crippen LogP contribution in [0.2, 0.25) is 0 Å². The van der Waals surface area contributed by atoms with E-state index in [1.54, 1.807) is 16.3 Å². The van der Waals surface area contributed by atoms with Crippen molar-refractivity contribution in [3.8, 4) is 0 Å². The molecule has 0 fully saturated rings. The van der Waals surface area contributed by atoms with Crippen molar-refractivity contribution < 1.29 is 9.59 Å². The van der Waals surface area contributed by atoms with Crippen molar-refractivity contribution in [1.82, 2.24) is 9.88 Å². The Labute approximate surface area is 164 Å². The minimum atomic E-state index is -0.156. The van der Waals surface area contributed by atoms with E-state index in [2.05, 4.69) is 15.6 Å². The van der Waals surface area contributed by atoms with E-state index in [1.165, 1.54) is 22.7 Å². The maximum Gasteiger partial charge on any atom is 0.322 e. The van der Waals surface area contributed by atoms with E-state index < -0.39 is 0 Å². The third-order valence-electron chi connectivity index (χ3n) is 4.41. The van der Waals surface area contributed by atoms with Crippen molar-refractivity contribution in [2.75, 3.05) is 17.2 Å². The molecule has 3 heterocycles. The third kappa shape index (κ3) is 3.86. The number of nitrogens with zero attached hydrogens (tertiary/aromatic N) is 2. The fourth-order valence-electron chi connectivity index (χ4n) is 2.89. The van der Waals surface area contributed by atoms with Gasteiger partial charge in [0.05, 0.1) is 17.8 Å². The average Bonchev–Trinajstić information content (AvgIpc) is 3.32. The Balaban J connectivity index is 1.42. The molecule has 2 N–H and O–H groups in total. The number of thiazole rings is 1. The Morgan fingerprint density at radius 3 is 2.81 bits per heavy atom. The normalized spacial score (nSPS) is 13.1. The zero-order valence-corrected chi connectivity index (χ0v) is 16.3. The molecule has 3 amide bonds. The number of aromatic nitrogens is 1. The topological polar surface area (TPSA) is 74.3 Å². The summed E-state index contributed by atoms with van der Waals surface area (Å²) in [6, 6.07) is 9.38. The van der Waals surface area contributed by atoms with Crippen molar-refractivity contribution in [2.24, 2.45) is 0 Å². The van der Waals surface area contributed by atoms with Crippen molar-refractivity contribution >= 4 is 45.4 Å². The van der Waals surface area contributed by atoms with Crippen LogP contribution in [0.3, 0.4) is 0 Å². The molecule has 0 unspecified atom stereocenters. The highest BCUT2D eigenvalue weighted by Gasteiger charge is 2.25. The zero-order chi connectivity index (χ0) is 18.8. The molecule has 0 saturated carbocycles. The molecular formula is C19H18N4O2S2. The molecule has 2 aromatic heterocycles. The second kappa shape index (κ2) is 7.50. The van der Waals surface area contributed by atoms with Crippen LogP contribution in [0.25, 0.3) is 0 Å². The zero-order valence-electron chi connectivity index (χ0n) is 14.7. The Morgan fingerprint density at radius 1 is 1.19 bits per heavy atom. The molecule has 4 rings (SSSR count). The smallest absolute Gasteiger partial charge is 0.319 e. The van der Waals surface area contributed by atoms with Gasteiger partial charge in [-0.15, -0.1) is 0 Å². The van der Waals surface area contributed by atoms with Gasteiger partial charge < -0.3 is 10.2 Å². The standard InChI is InChI=1S/C19H18N4O2S2/c1-12-4-2-3-5-14(12)21-19(25)23-8-6-15-16(10-23)27-18(20-15)22-17(24)13-7-9-26-11-13/h2-5,7,9,11H,6,8,10H2,1H3,(H,21,25)(H,20,22,24). The van der Waals surface area contributed by atoms with E-state index in [0.29, 0.717) is 30.2 Å². The number of aryl methyl sites for hydroxylation is 1. The van der Waals surface area contributed by atoms with Gasteiger partial charge in [0.25, 0.3) is 5.91 Å². The molecule has 1 aliphatic rings. The summed E-state index contributed by atoms with van der Waals surface area (Å²) in [7, 11) is 0. The van der Waals surface area contributed by atoms with Crippen molar-refractivity contribution in [3.05, 3.63) is 62.8 Å². The number of hydrogen-bond acceptors (Lipinski definition) is 5. The molecule has 3 aromatic rings. The van der Waals surface area contributed by atoms with Crippen molar-refractivity contribution in [3.63, 3.8) is 0 Å². The van der Waals surface area contributed by atoms with Crippen LogP contribution in [0.5, 0.6) is 0 Å². The first kappa shape index (κ1) is 17.7. The van der Waals surface area contributed by atoms with Gasteiger partial charge in [0, 0.05) is 28.9 Å². The number of thiophene rings is 1. The summed E-state index contributed by atoms with van der Waals surface area (Å²) in [5.41, 5.74) is 3.44. The number of urea groups is 1. The Morgan fingerprint density at radius 2 is 2.04 bits per heavy atom. The SMILES string of the molecule is Cc1ccccc1NC(=O)N1CCc2nc(NC(=O)c3ccsc3)sc2C1. The highest BCUT2D eigenvalue weighted by atomic mass is 32.1. The molecule has 1 aliphatic heterocycles. The molecule has 27 heavy (non-hydrogen) atoms. The van der Waals surface area contributed by atoms with Crippen LogP contribution >= 0.6 is 22.7 Å². The number of anilines is 2. The van der Waals surface area contributed by atoms with Crippen LogP contribution < -0.4 is 10.6 Å². The third-order valence-corrected chi connectivity index (χ3v) is 6.09. The lowest BCUT2D eigenvalue weighted by Gasteiger charge is -2.26. The fraction of sp³-hybridized carbons (Fsp3) is 0.211. The highest BCUT2D eigenvalue weighted by Crippen LogP contribution is 2.29. The minimum Gasteiger partial charge on any atom is -0.319 e. The molecule has 0 bridgehead atoms. The number of carbonyl (C=O) groups excluding carboxylic acids is 2. The summed E-state index contributed by atoms with van der Waals surface area (Å²) in [5.74, 6) is -0.156. The number of amides is 3. The van der Waals surface area contributed by atoms with E-state index in [1.807, 2.05) is 36.6 Å². The van der Waals surface area contributed by atoms with Crippen LogP contribution in [0.15, 0.2) is 41.1 Å². The average molecular weight is 399 g/mol. The fourth-order valence-corrected chi connectivity index (χ4v) is 4.55. The summed E-state index contributed by atoms with van der Waals surface area (Å²) in [4.78, 5) is 32.1. The highest BCUT2D eigenvalue weighted by molar-refractivity contribution is 7.16. The Kier molecular flexibility index (Phi) is 4.91. The van der Waals surface area contributed by atoms with Gasteiger partial charge in [-0.2, -0.15) is 11.3 Å². The number of fused-ring (bicyclic) bond motifs is 1. The lowest BCUT2D eigenvalue weighted by Crippen LogP contribution is -2.38. The van der Waals surface area contributed by atoms with Gasteiger partial charge >= 0.3 is 6.03 Å². The number of nitrogens with one attached hydrogen (secondary N) is 2. The quantitative estimate of drug-likeness (QED) is 0.689. The lowest BCUT2D eigenvalue weighted by molar-refractivity contribution is 0.102.